The molecule has 5 heteroatoms. The minimum Gasteiger partial charge on any atom is -0.299 e. The Morgan fingerprint density at radius 1 is 1.38 bits per heavy atom. The number of hydrogen-bond acceptors (Lipinski definition) is 3. The lowest BCUT2D eigenvalue weighted by Crippen LogP contribution is -2.29. The number of nitrogens with zero attached hydrogens (tertiary/aromatic N) is 1. The molecule has 0 saturated heterocycles. The standard InChI is InChI=1S/C8H15NO3S/c10-13(11,12)8-4-7-9-5-2-1-3-6-9/h1-2H,3-8H2,(H,10,11,12). The third-order valence-corrected chi connectivity index (χ3v) is 2.82. The fourth-order valence-electron chi connectivity index (χ4n) is 1.36. The zero-order chi connectivity index (χ0) is 9.73. The molecule has 0 amide bonds. The Hall–Kier alpha value is -0.390. The van der Waals surface area contributed by atoms with Crippen LogP contribution in [0.5, 0.6) is 0 Å². The van der Waals surface area contributed by atoms with Gasteiger partial charge in [0.15, 0.2) is 0 Å². The van der Waals surface area contributed by atoms with Crippen molar-refractivity contribution >= 4 is 10.1 Å². The van der Waals surface area contributed by atoms with Crippen molar-refractivity contribution in [1.82, 2.24) is 4.90 Å². The predicted molar refractivity (Wildman–Crippen MR) is 51.2 cm³/mol. The molecule has 1 N–H and O–H groups in total. The third kappa shape index (κ3) is 5.02. The van der Waals surface area contributed by atoms with E-state index in [-0.39, 0.29) is 5.75 Å². The van der Waals surface area contributed by atoms with E-state index < -0.39 is 10.1 Å². The summed E-state index contributed by atoms with van der Waals surface area (Å²) in [5, 5.41) is 0. The molecular weight excluding hydrogens is 190 g/mol. The molecule has 1 rings (SSSR count). The van der Waals surface area contributed by atoms with Gasteiger partial charge in [0.2, 0.25) is 0 Å². The molecule has 0 spiro atoms. The van der Waals surface area contributed by atoms with Crippen LogP contribution in [0.1, 0.15) is 12.8 Å². The van der Waals surface area contributed by atoms with E-state index in [1.165, 1.54) is 0 Å². The first-order chi connectivity index (χ1) is 6.08. The van der Waals surface area contributed by atoms with Gasteiger partial charge in [-0.25, -0.2) is 0 Å². The summed E-state index contributed by atoms with van der Waals surface area (Å²) in [4.78, 5) is 2.17. The van der Waals surface area contributed by atoms with E-state index in [0.717, 1.165) is 26.1 Å². The Bertz CT molecular complexity index is 271. The summed E-state index contributed by atoms with van der Waals surface area (Å²) in [5.41, 5.74) is 0. The van der Waals surface area contributed by atoms with E-state index in [2.05, 4.69) is 17.1 Å². The lowest BCUT2D eigenvalue weighted by Gasteiger charge is -2.22. The quantitative estimate of drug-likeness (QED) is 0.537. The zero-order valence-corrected chi connectivity index (χ0v) is 8.33. The van der Waals surface area contributed by atoms with E-state index in [9.17, 15) is 8.42 Å². The van der Waals surface area contributed by atoms with E-state index in [1.807, 2.05) is 0 Å². The topological polar surface area (TPSA) is 57.6 Å². The van der Waals surface area contributed by atoms with Crippen molar-refractivity contribution in [1.29, 1.82) is 0 Å². The highest BCUT2D eigenvalue weighted by atomic mass is 32.2. The van der Waals surface area contributed by atoms with Crippen LogP contribution in [0.3, 0.4) is 0 Å². The third-order valence-electron chi connectivity index (χ3n) is 2.02. The van der Waals surface area contributed by atoms with E-state index >= 15 is 0 Å². The average Bonchev–Trinajstić information content (AvgIpc) is 2.04. The first-order valence-corrected chi connectivity index (χ1v) is 6.01. The summed E-state index contributed by atoms with van der Waals surface area (Å²) < 4.78 is 29.3. The second-order valence-electron chi connectivity index (χ2n) is 3.20. The highest BCUT2D eigenvalue weighted by molar-refractivity contribution is 7.85. The fourth-order valence-corrected chi connectivity index (χ4v) is 1.86. The normalized spacial score (nSPS) is 19.2. The summed E-state index contributed by atoms with van der Waals surface area (Å²) in [5.74, 6) is -0.132. The first kappa shape index (κ1) is 10.7. The predicted octanol–water partition coefficient (Wildman–Crippen LogP) is 0.526. The van der Waals surface area contributed by atoms with Crippen molar-refractivity contribution in [2.45, 2.75) is 12.8 Å². The molecule has 1 aliphatic heterocycles. The van der Waals surface area contributed by atoms with Gasteiger partial charge in [0.25, 0.3) is 10.1 Å². The molecule has 0 fully saturated rings. The Labute approximate surface area is 79.0 Å². The molecule has 0 aliphatic carbocycles. The second kappa shape index (κ2) is 4.74. The summed E-state index contributed by atoms with van der Waals surface area (Å²) in [7, 11) is -3.77. The summed E-state index contributed by atoms with van der Waals surface area (Å²) in [6, 6.07) is 0. The van der Waals surface area contributed by atoms with Gasteiger partial charge in [0.05, 0.1) is 5.75 Å². The fraction of sp³-hybridized carbons (Fsp3) is 0.750. The lowest BCUT2D eigenvalue weighted by molar-refractivity contribution is 0.299. The van der Waals surface area contributed by atoms with Gasteiger partial charge in [0, 0.05) is 13.1 Å². The van der Waals surface area contributed by atoms with Gasteiger partial charge in [-0.05, 0) is 19.4 Å². The molecule has 0 unspecified atom stereocenters. The van der Waals surface area contributed by atoms with Crippen molar-refractivity contribution < 1.29 is 13.0 Å². The van der Waals surface area contributed by atoms with Crippen LogP contribution in [0.4, 0.5) is 0 Å². The van der Waals surface area contributed by atoms with Crippen molar-refractivity contribution in [3.05, 3.63) is 12.2 Å². The molecule has 4 nitrogen and oxygen atoms in total. The molecule has 0 radical (unpaired) electrons. The lowest BCUT2D eigenvalue weighted by atomic mass is 10.2. The van der Waals surface area contributed by atoms with Crippen LogP contribution in [0.15, 0.2) is 12.2 Å². The van der Waals surface area contributed by atoms with Crippen LogP contribution in [-0.4, -0.2) is 43.3 Å². The summed E-state index contributed by atoms with van der Waals surface area (Å²) in [6.07, 6.45) is 5.74. The molecule has 0 atom stereocenters. The van der Waals surface area contributed by atoms with Gasteiger partial charge in [-0.15, -0.1) is 0 Å². The maximum absolute atomic E-state index is 10.4. The van der Waals surface area contributed by atoms with Gasteiger partial charge < -0.3 is 0 Å². The van der Waals surface area contributed by atoms with Gasteiger partial charge >= 0.3 is 0 Å². The van der Waals surface area contributed by atoms with E-state index in [0.29, 0.717) is 6.42 Å². The smallest absolute Gasteiger partial charge is 0.264 e. The van der Waals surface area contributed by atoms with Gasteiger partial charge in [-0.1, -0.05) is 12.2 Å². The molecule has 0 aromatic heterocycles. The Morgan fingerprint density at radius 2 is 2.15 bits per heavy atom. The van der Waals surface area contributed by atoms with Crippen LogP contribution in [0, 0.1) is 0 Å². The maximum Gasteiger partial charge on any atom is 0.264 e. The van der Waals surface area contributed by atoms with Crippen molar-refractivity contribution in [2.24, 2.45) is 0 Å². The molecular formula is C8H15NO3S. The van der Waals surface area contributed by atoms with Crippen molar-refractivity contribution in [3.63, 3.8) is 0 Å². The molecule has 1 heterocycles. The summed E-state index contributed by atoms with van der Waals surface area (Å²) >= 11 is 0. The van der Waals surface area contributed by atoms with Crippen molar-refractivity contribution in [3.8, 4) is 0 Å². The van der Waals surface area contributed by atoms with Crippen molar-refractivity contribution in [2.75, 3.05) is 25.4 Å². The van der Waals surface area contributed by atoms with Crippen LogP contribution < -0.4 is 0 Å². The highest BCUT2D eigenvalue weighted by Gasteiger charge is 2.08. The van der Waals surface area contributed by atoms with Crippen LogP contribution >= 0.6 is 0 Å². The Balaban J connectivity index is 2.16. The monoisotopic (exact) mass is 205 g/mol. The van der Waals surface area contributed by atoms with Crippen LogP contribution in [0.25, 0.3) is 0 Å². The zero-order valence-electron chi connectivity index (χ0n) is 7.52. The second-order valence-corrected chi connectivity index (χ2v) is 4.77. The van der Waals surface area contributed by atoms with Crippen LogP contribution in [0.2, 0.25) is 0 Å². The van der Waals surface area contributed by atoms with Gasteiger partial charge in [-0.3, -0.25) is 9.45 Å². The Kier molecular flexibility index (Phi) is 3.90. The average molecular weight is 205 g/mol. The van der Waals surface area contributed by atoms with Crippen LogP contribution in [-0.2, 0) is 10.1 Å². The number of rotatable bonds is 4. The van der Waals surface area contributed by atoms with Gasteiger partial charge in [-0.2, -0.15) is 8.42 Å². The van der Waals surface area contributed by atoms with E-state index in [4.69, 9.17) is 4.55 Å². The molecule has 76 valence electrons. The molecule has 0 aromatic rings. The largest absolute Gasteiger partial charge is 0.299 e. The first-order valence-electron chi connectivity index (χ1n) is 4.40. The minimum absolute atomic E-state index is 0.132. The minimum atomic E-state index is -3.77. The molecule has 0 bridgehead atoms. The van der Waals surface area contributed by atoms with E-state index in [1.54, 1.807) is 0 Å². The van der Waals surface area contributed by atoms with Gasteiger partial charge in [0.1, 0.15) is 0 Å². The molecule has 0 saturated carbocycles. The highest BCUT2D eigenvalue weighted by Crippen LogP contribution is 2.02. The number of hydrogen-bond donors (Lipinski definition) is 1. The SMILES string of the molecule is O=S(=O)(O)CCCN1CC=CCC1. The Morgan fingerprint density at radius 3 is 2.69 bits per heavy atom. The molecule has 0 aromatic carbocycles. The summed E-state index contributed by atoms with van der Waals surface area (Å²) in [6.45, 7) is 2.62. The maximum atomic E-state index is 10.4. The molecule has 13 heavy (non-hydrogen) atoms. The molecule has 1 aliphatic rings.